The molecule has 0 unspecified atom stereocenters. The average Bonchev–Trinajstić information content (AvgIpc) is 4.10. The van der Waals surface area contributed by atoms with E-state index in [1.807, 2.05) is 0 Å². The van der Waals surface area contributed by atoms with E-state index in [0.717, 1.165) is 78.0 Å². The van der Waals surface area contributed by atoms with Gasteiger partial charge in [-0.1, -0.05) is 191 Å². The summed E-state index contributed by atoms with van der Waals surface area (Å²) in [5.74, 6) is 0. The minimum absolute atomic E-state index is 0.222. The molecule has 1 aliphatic carbocycles. The van der Waals surface area contributed by atoms with Crippen molar-refractivity contribution >= 4 is 126 Å². The minimum atomic E-state index is -2.27. The molecular formula is C67H54N2O2Si2. The Kier molecular flexibility index (Phi) is 9.51. The molecule has 0 fully saturated rings. The van der Waals surface area contributed by atoms with Crippen LogP contribution in [-0.4, -0.2) is 16.1 Å². The molecule has 2 heterocycles. The summed E-state index contributed by atoms with van der Waals surface area (Å²) in [6, 6.07) is 80.1. The van der Waals surface area contributed by atoms with Gasteiger partial charge in [0.15, 0.2) is 11.2 Å². The van der Waals surface area contributed by atoms with Crippen LogP contribution in [0.4, 0.5) is 34.1 Å². The van der Waals surface area contributed by atoms with Crippen LogP contribution in [0.2, 0.25) is 39.3 Å². The quantitative estimate of drug-likeness (QED) is 0.112. The summed E-state index contributed by atoms with van der Waals surface area (Å²) < 4.78 is 13.4. The SMILES string of the molecule is C[Si](C)(C)C1([Si](C)(C)C)c2cc(N(c3ccccc3)c3cccc4c3oc3ccccc34)c3ccccc3c2-c2c1c1ccc(N(c3ccccc3)c3cccc4c3oc3ccccc34)cc1c1ccccc21. The average molecular weight is 975 g/mol. The van der Waals surface area contributed by atoms with Gasteiger partial charge < -0.3 is 18.6 Å². The van der Waals surface area contributed by atoms with Crippen molar-refractivity contribution in [3.63, 3.8) is 0 Å². The summed E-state index contributed by atoms with van der Waals surface area (Å²) in [6.45, 7) is 15.9. The van der Waals surface area contributed by atoms with Crippen LogP contribution >= 0.6 is 0 Å². The fraction of sp³-hybridized carbons (Fsp3) is 0.104. The Hall–Kier alpha value is -8.17. The predicted molar refractivity (Wildman–Crippen MR) is 316 cm³/mol. The number of nitrogens with zero attached hydrogens (tertiary/aromatic N) is 2. The molecule has 0 saturated carbocycles. The second kappa shape index (κ2) is 15.9. The molecular weight excluding hydrogens is 921 g/mol. The van der Waals surface area contributed by atoms with Crippen molar-refractivity contribution in [1.82, 2.24) is 0 Å². The second-order valence-corrected chi connectivity index (χ2v) is 33.0. The van der Waals surface area contributed by atoms with Gasteiger partial charge in [-0.05, 0) is 116 Å². The first kappa shape index (κ1) is 43.6. The van der Waals surface area contributed by atoms with Gasteiger partial charge >= 0.3 is 0 Å². The Balaban J connectivity index is 1.09. The van der Waals surface area contributed by atoms with Gasteiger partial charge in [-0.25, -0.2) is 0 Å². The lowest BCUT2D eigenvalue weighted by atomic mass is 9.89. The molecule has 0 N–H and O–H groups in total. The molecule has 14 rings (SSSR count). The number of furan rings is 2. The molecule has 11 aromatic carbocycles. The van der Waals surface area contributed by atoms with Crippen molar-refractivity contribution in [2.45, 2.75) is 43.9 Å². The van der Waals surface area contributed by atoms with E-state index in [1.165, 1.54) is 54.6 Å². The van der Waals surface area contributed by atoms with Crippen LogP contribution in [0.25, 0.3) is 87.3 Å². The van der Waals surface area contributed by atoms with Gasteiger partial charge in [-0.2, -0.15) is 0 Å². The first-order chi connectivity index (χ1) is 35.5. The highest BCUT2D eigenvalue weighted by atomic mass is 28.4. The number of rotatable bonds is 8. The summed E-state index contributed by atoms with van der Waals surface area (Å²) >= 11 is 0. The standard InChI is InChI=1S/C67H54N2O2Si2/c1-72(2,3)67(73(4,5)6)56-42-59(69(44-25-11-8-12-26-44)58-36-22-34-54-49-30-18-20-38-61(49)71-66(54)58)47-28-14-16-32-51(47)62(56)63-50-31-15-13-27-46(50)55-41-45(39-40-52(55)64(63)67)68(43-23-9-7-10-24-43)57-35-21-33-53-48-29-17-19-37-60(48)70-65(53)57/h7-42H,1-6H3. The number of para-hydroxylation sites is 6. The zero-order valence-electron chi connectivity index (χ0n) is 42.0. The largest absolute Gasteiger partial charge is 0.454 e. The predicted octanol–water partition coefficient (Wildman–Crippen LogP) is 19.9. The first-order valence-electron chi connectivity index (χ1n) is 25.6. The van der Waals surface area contributed by atoms with Gasteiger partial charge in [0.05, 0.1) is 33.2 Å². The lowest BCUT2D eigenvalue weighted by Crippen LogP contribution is -2.63. The summed E-state index contributed by atoms with van der Waals surface area (Å²) in [4.78, 5) is 4.88. The van der Waals surface area contributed by atoms with Crippen LogP contribution in [0.1, 0.15) is 11.1 Å². The number of benzene rings is 11. The van der Waals surface area contributed by atoms with Crippen LogP contribution in [0.15, 0.2) is 227 Å². The maximum absolute atomic E-state index is 6.89. The fourth-order valence-electron chi connectivity index (χ4n) is 13.7. The van der Waals surface area contributed by atoms with Gasteiger partial charge in [0.25, 0.3) is 0 Å². The number of fused-ring (bicyclic) bond motifs is 16. The second-order valence-electron chi connectivity index (χ2n) is 22.0. The Labute approximate surface area is 427 Å². The molecule has 352 valence electrons. The summed E-state index contributed by atoms with van der Waals surface area (Å²) in [5, 5.41) is 12.1. The van der Waals surface area contributed by atoms with Crippen LogP contribution in [0.3, 0.4) is 0 Å². The lowest BCUT2D eigenvalue weighted by molar-refractivity contribution is 0.668. The van der Waals surface area contributed by atoms with Gasteiger partial charge in [-0.15, -0.1) is 0 Å². The Morgan fingerprint density at radius 3 is 1.33 bits per heavy atom. The number of anilines is 6. The van der Waals surface area contributed by atoms with Crippen LogP contribution in [0, 0.1) is 0 Å². The zero-order valence-corrected chi connectivity index (χ0v) is 44.0. The Morgan fingerprint density at radius 2 is 0.767 bits per heavy atom. The zero-order chi connectivity index (χ0) is 49.4. The highest BCUT2D eigenvalue weighted by molar-refractivity contribution is 7.00. The van der Waals surface area contributed by atoms with Crippen molar-refractivity contribution < 1.29 is 8.83 Å². The summed E-state index contributed by atoms with van der Waals surface area (Å²) in [7, 11) is -4.54. The number of hydrogen-bond acceptors (Lipinski definition) is 4. The maximum atomic E-state index is 6.89. The van der Waals surface area contributed by atoms with E-state index in [2.05, 4.69) is 267 Å². The van der Waals surface area contributed by atoms with Crippen LogP contribution in [-0.2, 0) is 4.66 Å². The van der Waals surface area contributed by atoms with Crippen molar-refractivity contribution in [1.29, 1.82) is 0 Å². The number of hydrogen-bond donors (Lipinski definition) is 0. The molecule has 0 saturated heterocycles. The third-order valence-electron chi connectivity index (χ3n) is 16.1. The van der Waals surface area contributed by atoms with E-state index in [4.69, 9.17) is 8.83 Å². The molecule has 13 aromatic rings. The molecule has 1 aliphatic rings. The molecule has 0 aliphatic heterocycles. The van der Waals surface area contributed by atoms with E-state index in [-0.39, 0.29) is 4.66 Å². The lowest BCUT2D eigenvalue weighted by Gasteiger charge is -2.52. The molecule has 2 aromatic heterocycles. The van der Waals surface area contributed by atoms with Crippen LogP contribution in [0.5, 0.6) is 0 Å². The topological polar surface area (TPSA) is 32.8 Å². The molecule has 0 bridgehead atoms. The minimum Gasteiger partial charge on any atom is -0.454 e. The van der Waals surface area contributed by atoms with Gasteiger partial charge in [0.2, 0.25) is 0 Å². The Bertz CT molecular complexity index is 4360. The molecule has 6 heteroatoms. The van der Waals surface area contributed by atoms with E-state index >= 15 is 0 Å². The van der Waals surface area contributed by atoms with Crippen molar-refractivity contribution in [2.24, 2.45) is 0 Å². The Morgan fingerprint density at radius 1 is 0.315 bits per heavy atom. The maximum Gasteiger partial charge on any atom is 0.159 e. The van der Waals surface area contributed by atoms with Gasteiger partial charge in [-0.3, -0.25) is 0 Å². The first-order valence-corrected chi connectivity index (χ1v) is 32.6. The van der Waals surface area contributed by atoms with Gasteiger partial charge in [0, 0.05) is 48.7 Å². The van der Waals surface area contributed by atoms with Crippen molar-refractivity contribution in [2.75, 3.05) is 9.80 Å². The molecule has 0 spiro atoms. The monoisotopic (exact) mass is 974 g/mol. The molecule has 0 amide bonds. The third-order valence-corrected chi connectivity index (χ3v) is 26.1. The normalized spacial score (nSPS) is 13.5. The summed E-state index contributed by atoms with van der Waals surface area (Å²) in [6.07, 6.45) is 0. The molecule has 4 nitrogen and oxygen atoms in total. The van der Waals surface area contributed by atoms with Crippen LogP contribution < -0.4 is 9.80 Å². The highest BCUT2D eigenvalue weighted by Crippen LogP contribution is 2.64. The highest BCUT2D eigenvalue weighted by Gasteiger charge is 2.60. The molecule has 0 radical (unpaired) electrons. The summed E-state index contributed by atoms with van der Waals surface area (Å²) in [5.41, 5.74) is 15.8. The fourth-order valence-corrected chi connectivity index (χ4v) is 26.7. The van der Waals surface area contributed by atoms with E-state index in [1.54, 1.807) is 0 Å². The third kappa shape index (κ3) is 6.17. The van der Waals surface area contributed by atoms with Gasteiger partial charge in [0.1, 0.15) is 11.2 Å². The van der Waals surface area contributed by atoms with E-state index < -0.39 is 16.1 Å². The molecule has 0 atom stereocenters. The molecule has 73 heavy (non-hydrogen) atoms. The van der Waals surface area contributed by atoms with Crippen molar-refractivity contribution in [3.05, 3.63) is 230 Å². The van der Waals surface area contributed by atoms with Crippen molar-refractivity contribution in [3.8, 4) is 11.1 Å². The van der Waals surface area contributed by atoms with E-state index in [9.17, 15) is 0 Å². The van der Waals surface area contributed by atoms with E-state index in [0.29, 0.717) is 0 Å². The smallest absolute Gasteiger partial charge is 0.159 e.